The van der Waals surface area contributed by atoms with Gasteiger partial charge in [0.15, 0.2) is 0 Å². The number of aromatic nitrogens is 1. The van der Waals surface area contributed by atoms with Gasteiger partial charge in [-0.15, -0.1) is 0 Å². The van der Waals surface area contributed by atoms with Gasteiger partial charge in [0.1, 0.15) is 5.82 Å². The fourth-order valence-electron chi connectivity index (χ4n) is 3.61. The van der Waals surface area contributed by atoms with Crippen LogP contribution < -0.4 is 4.90 Å². The van der Waals surface area contributed by atoms with Crippen molar-refractivity contribution in [1.82, 2.24) is 4.98 Å². The monoisotopic (exact) mass is 240 g/mol. The second-order valence-electron chi connectivity index (χ2n) is 5.20. The summed E-state index contributed by atoms with van der Waals surface area (Å²) >= 11 is 0. The number of hydrogen-bond acceptors (Lipinski definition) is 3. The minimum atomic E-state index is -0.144. The van der Waals surface area contributed by atoms with Gasteiger partial charge < -0.3 is 0 Å². The van der Waals surface area contributed by atoms with Crippen LogP contribution in [0.15, 0.2) is 36.5 Å². The summed E-state index contributed by atoms with van der Waals surface area (Å²) in [6.07, 6.45) is 6.76. The molecule has 0 N–H and O–H groups in total. The molecule has 90 valence electrons. The molecule has 0 unspecified atom stereocenters. The van der Waals surface area contributed by atoms with Crippen LogP contribution in [0.25, 0.3) is 0 Å². The van der Waals surface area contributed by atoms with Gasteiger partial charge in [-0.25, -0.2) is 9.88 Å². The first-order chi connectivity index (χ1) is 8.77. The van der Waals surface area contributed by atoms with Crippen molar-refractivity contribution in [2.75, 3.05) is 4.90 Å². The average Bonchev–Trinajstić information content (AvgIpc) is 3.05. The number of rotatable bonds is 1. The Bertz CT molecular complexity index is 536. The summed E-state index contributed by atoms with van der Waals surface area (Å²) in [6.45, 7) is 0. The number of imide groups is 1. The van der Waals surface area contributed by atoms with Crippen molar-refractivity contribution < 1.29 is 9.59 Å². The molecule has 18 heavy (non-hydrogen) atoms. The predicted molar refractivity (Wildman–Crippen MR) is 64.4 cm³/mol. The smallest absolute Gasteiger partial charge is 0.239 e. The third-order valence-corrected chi connectivity index (χ3v) is 4.35. The summed E-state index contributed by atoms with van der Waals surface area (Å²) in [7, 11) is 0. The minimum Gasteiger partial charge on any atom is -0.274 e. The zero-order valence-corrected chi connectivity index (χ0v) is 9.69. The first-order valence-electron chi connectivity index (χ1n) is 6.24. The molecule has 0 radical (unpaired) electrons. The highest BCUT2D eigenvalue weighted by atomic mass is 16.2. The van der Waals surface area contributed by atoms with Crippen LogP contribution in [0.1, 0.15) is 6.42 Å². The summed E-state index contributed by atoms with van der Waals surface area (Å²) < 4.78 is 0. The van der Waals surface area contributed by atoms with E-state index in [0.717, 1.165) is 6.42 Å². The zero-order chi connectivity index (χ0) is 12.3. The van der Waals surface area contributed by atoms with E-state index >= 15 is 0 Å². The van der Waals surface area contributed by atoms with Gasteiger partial charge in [-0.2, -0.15) is 0 Å². The maximum Gasteiger partial charge on any atom is 0.239 e. The lowest BCUT2D eigenvalue weighted by atomic mass is 9.85. The normalized spacial score (nSPS) is 36.6. The van der Waals surface area contributed by atoms with Gasteiger partial charge in [-0.3, -0.25) is 9.59 Å². The maximum absolute atomic E-state index is 12.4. The fraction of sp³-hybridized carbons (Fsp3) is 0.357. The van der Waals surface area contributed by atoms with Crippen molar-refractivity contribution in [3.63, 3.8) is 0 Å². The highest BCUT2D eigenvalue weighted by Gasteiger charge is 2.59. The minimum absolute atomic E-state index is 0.0689. The van der Waals surface area contributed by atoms with Crippen LogP contribution >= 0.6 is 0 Å². The Kier molecular flexibility index (Phi) is 1.82. The van der Waals surface area contributed by atoms with Crippen LogP contribution in [0.5, 0.6) is 0 Å². The Balaban J connectivity index is 1.77. The molecule has 1 aromatic rings. The van der Waals surface area contributed by atoms with Gasteiger partial charge in [-0.1, -0.05) is 18.2 Å². The zero-order valence-electron chi connectivity index (χ0n) is 9.69. The Morgan fingerprint density at radius 3 is 2.28 bits per heavy atom. The van der Waals surface area contributed by atoms with Crippen LogP contribution in [-0.2, 0) is 9.59 Å². The van der Waals surface area contributed by atoms with Gasteiger partial charge >= 0.3 is 0 Å². The average molecular weight is 240 g/mol. The Morgan fingerprint density at radius 2 is 1.72 bits per heavy atom. The van der Waals surface area contributed by atoms with Crippen LogP contribution in [0.4, 0.5) is 5.82 Å². The molecular weight excluding hydrogens is 228 g/mol. The molecule has 2 fully saturated rings. The first kappa shape index (κ1) is 10.00. The summed E-state index contributed by atoms with van der Waals surface area (Å²) in [6, 6.07) is 5.29. The van der Waals surface area contributed by atoms with Crippen molar-refractivity contribution in [3.8, 4) is 0 Å². The van der Waals surface area contributed by atoms with Crippen molar-refractivity contribution in [2.45, 2.75) is 6.42 Å². The van der Waals surface area contributed by atoms with E-state index in [9.17, 15) is 9.59 Å². The number of pyridine rings is 1. The van der Waals surface area contributed by atoms with E-state index < -0.39 is 0 Å². The molecule has 2 aliphatic carbocycles. The van der Waals surface area contributed by atoms with Gasteiger partial charge in [0.05, 0.1) is 11.8 Å². The molecule has 2 bridgehead atoms. The molecule has 1 aromatic heterocycles. The van der Waals surface area contributed by atoms with Crippen LogP contribution in [0, 0.1) is 23.7 Å². The number of carbonyl (C=O) groups excluding carboxylic acids is 2. The molecule has 0 aromatic carbocycles. The molecule has 3 aliphatic rings. The van der Waals surface area contributed by atoms with E-state index in [-0.39, 0.29) is 35.5 Å². The van der Waals surface area contributed by atoms with Crippen molar-refractivity contribution in [2.24, 2.45) is 23.7 Å². The number of allylic oxidation sites excluding steroid dienone is 2. The molecule has 4 atom stereocenters. The van der Waals surface area contributed by atoms with Gasteiger partial charge in [0.25, 0.3) is 0 Å². The predicted octanol–water partition coefficient (Wildman–Crippen LogP) is 1.39. The molecule has 4 rings (SSSR count). The highest BCUT2D eigenvalue weighted by molar-refractivity contribution is 6.22. The first-order valence-corrected chi connectivity index (χ1v) is 6.24. The Hall–Kier alpha value is -1.97. The quantitative estimate of drug-likeness (QED) is 0.550. The molecule has 4 nitrogen and oxygen atoms in total. The van der Waals surface area contributed by atoms with E-state index in [0.29, 0.717) is 5.82 Å². The van der Waals surface area contributed by atoms with Crippen molar-refractivity contribution in [3.05, 3.63) is 36.5 Å². The maximum atomic E-state index is 12.4. The summed E-state index contributed by atoms with van der Waals surface area (Å²) in [5.74, 6) is 0.543. The van der Waals surface area contributed by atoms with Crippen molar-refractivity contribution >= 4 is 17.6 Å². The van der Waals surface area contributed by atoms with E-state index in [4.69, 9.17) is 0 Å². The van der Waals surface area contributed by atoms with E-state index in [1.54, 1.807) is 24.4 Å². The van der Waals surface area contributed by atoms with E-state index in [1.165, 1.54) is 4.90 Å². The van der Waals surface area contributed by atoms with E-state index in [2.05, 4.69) is 17.1 Å². The van der Waals surface area contributed by atoms with Gasteiger partial charge in [0.2, 0.25) is 11.8 Å². The Morgan fingerprint density at radius 1 is 1.06 bits per heavy atom. The SMILES string of the molecule is O=C1[C@@H]2[C@@H](C(=O)N1c1ccccn1)[C@@H]1C=C[C@@H]2C1. The highest BCUT2D eigenvalue weighted by Crippen LogP contribution is 2.52. The molecule has 1 aliphatic heterocycles. The number of nitrogens with zero attached hydrogens (tertiary/aromatic N) is 2. The molecule has 0 spiro atoms. The van der Waals surface area contributed by atoms with Gasteiger partial charge in [0, 0.05) is 6.20 Å². The summed E-state index contributed by atoms with van der Waals surface area (Å²) in [5, 5.41) is 0. The number of carbonyl (C=O) groups is 2. The lowest BCUT2D eigenvalue weighted by molar-refractivity contribution is -0.123. The lowest BCUT2D eigenvalue weighted by Gasteiger charge is -2.15. The second-order valence-corrected chi connectivity index (χ2v) is 5.20. The Labute approximate surface area is 104 Å². The fourth-order valence-corrected chi connectivity index (χ4v) is 3.61. The van der Waals surface area contributed by atoms with Crippen LogP contribution in [0.2, 0.25) is 0 Å². The number of amides is 2. The van der Waals surface area contributed by atoms with Crippen molar-refractivity contribution in [1.29, 1.82) is 0 Å². The molecular formula is C14H12N2O2. The third-order valence-electron chi connectivity index (χ3n) is 4.35. The lowest BCUT2D eigenvalue weighted by Crippen LogP contribution is -2.33. The van der Waals surface area contributed by atoms with E-state index in [1.807, 2.05) is 0 Å². The summed E-state index contributed by atoms with van der Waals surface area (Å²) in [5.41, 5.74) is 0. The molecule has 2 amide bonds. The molecule has 4 heteroatoms. The van der Waals surface area contributed by atoms with Crippen LogP contribution in [-0.4, -0.2) is 16.8 Å². The standard InChI is InChI=1S/C14H12N2O2/c17-13-11-8-4-5-9(7-8)12(11)14(18)16(13)10-3-1-2-6-15-10/h1-6,8-9,11-12H,7H2/t8-,9-,11+,12+/m1/s1. The molecule has 2 heterocycles. The topological polar surface area (TPSA) is 50.3 Å². The number of hydrogen-bond donors (Lipinski definition) is 0. The second kappa shape index (κ2) is 3.28. The number of fused-ring (bicyclic) bond motifs is 5. The summed E-state index contributed by atoms with van der Waals surface area (Å²) in [4.78, 5) is 30.2. The molecule has 1 saturated heterocycles. The van der Waals surface area contributed by atoms with Gasteiger partial charge in [-0.05, 0) is 30.4 Å². The number of anilines is 1. The molecule has 1 saturated carbocycles. The van der Waals surface area contributed by atoms with Crippen LogP contribution in [0.3, 0.4) is 0 Å². The third kappa shape index (κ3) is 1.08. The largest absolute Gasteiger partial charge is 0.274 e.